The molecule has 0 aliphatic carbocycles. The Morgan fingerprint density at radius 1 is 1.46 bits per heavy atom. The number of hydrogen-bond acceptors (Lipinski definition) is 8. The van der Waals surface area contributed by atoms with Gasteiger partial charge in [0.2, 0.25) is 10.8 Å². The van der Waals surface area contributed by atoms with Crippen molar-refractivity contribution in [3.63, 3.8) is 0 Å². The number of fused-ring (bicyclic) bond motifs is 1. The van der Waals surface area contributed by atoms with Gasteiger partial charge in [-0.2, -0.15) is 9.61 Å². The molecule has 1 atom stereocenters. The zero-order valence-corrected chi connectivity index (χ0v) is 16.0. The minimum absolute atomic E-state index is 0.0360. The van der Waals surface area contributed by atoms with Crippen molar-refractivity contribution in [3.8, 4) is 5.88 Å². The van der Waals surface area contributed by atoms with Crippen molar-refractivity contribution in [3.05, 3.63) is 33.6 Å². The third-order valence-electron chi connectivity index (χ3n) is 4.71. The number of piperidine rings is 1. The zero-order valence-electron chi connectivity index (χ0n) is 14.4. The second kappa shape index (κ2) is 7.34. The Labute approximate surface area is 158 Å². The number of esters is 1. The summed E-state index contributed by atoms with van der Waals surface area (Å²) in [5.74, 6) is 0.0148. The van der Waals surface area contributed by atoms with Gasteiger partial charge >= 0.3 is 5.97 Å². The molecule has 138 valence electrons. The molecule has 26 heavy (non-hydrogen) atoms. The average molecular weight is 393 g/mol. The monoisotopic (exact) mass is 392 g/mol. The number of hydrogen-bond donors (Lipinski definition) is 1. The lowest BCUT2D eigenvalue weighted by molar-refractivity contribution is -0.149. The molecule has 1 saturated heterocycles. The molecule has 1 N–H and O–H groups in total. The fourth-order valence-corrected chi connectivity index (χ4v) is 5.47. The van der Waals surface area contributed by atoms with E-state index < -0.39 is 0 Å². The van der Waals surface area contributed by atoms with Crippen LogP contribution in [-0.4, -0.2) is 50.3 Å². The molecular formula is C17H20N4O3S2. The van der Waals surface area contributed by atoms with E-state index in [0.717, 1.165) is 30.8 Å². The second-order valence-corrected chi connectivity index (χ2v) is 8.21. The number of thiazole rings is 1. The first kappa shape index (κ1) is 17.4. The highest BCUT2D eigenvalue weighted by atomic mass is 32.1. The van der Waals surface area contributed by atoms with E-state index in [4.69, 9.17) is 4.74 Å². The van der Waals surface area contributed by atoms with E-state index in [1.807, 2.05) is 18.4 Å². The molecule has 9 heteroatoms. The summed E-state index contributed by atoms with van der Waals surface area (Å²) in [4.78, 5) is 21.2. The van der Waals surface area contributed by atoms with Gasteiger partial charge in [0.1, 0.15) is 6.33 Å². The number of aromatic nitrogens is 3. The Bertz CT molecular complexity index is 881. The number of likely N-dealkylation sites (tertiary alicyclic amines) is 1. The lowest BCUT2D eigenvalue weighted by atomic mass is 9.95. The molecule has 4 heterocycles. The first-order valence-corrected chi connectivity index (χ1v) is 10.3. The van der Waals surface area contributed by atoms with Gasteiger partial charge in [0.15, 0.2) is 0 Å². The number of thiophene rings is 1. The topological polar surface area (TPSA) is 80.0 Å². The van der Waals surface area contributed by atoms with Gasteiger partial charge in [-0.25, -0.2) is 4.98 Å². The minimum Gasteiger partial charge on any atom is -0.492 e. The minimum atomic E-state index is -0.0959. The van der Waals surface area contributed by atoms with Gasteiger partial charge in [-0.3, -0.25) is 9.69 Å². The van der Waals surface area contributed by atoms with Crippen LogP contribution in [0, 0.1) is 5.92 Å². The van der Waals surface area contributed by atoms with Gasteiger partial charge in [0, 0.05) is 4.88 Å². The summed E-state index contributed by atoms with van der Waals surface area (Å²) in [6.45, 7) is 3.81. The maximum absolute atomic E-state index is 12.0. The van der Waals surface area contributed by atoms with Gasteiger partial charge in [-0.1, -0.05) is 17.4 Å². The lowest BCUT2D eigenvalue weighted by Gasteiger charge is -2.36. The van der Waals surface area contributed by atoms with Crippen molar-refractivity contribution in [2.75, 3.05) is 19.7 Å². The zero-order chi connectivity index (χ0) is 18.1. The van der Waals surface area contributed by atoms with Crippen LogP contribution < -0.4 is 0 Å². The van der Waals surface area contributed by atoms with E-state index in [0.29, 0.717) is 11.6 Å². The number of carbonyl (C=O) groups is 1. The van der Waals surface area contributed by atoms with Gasteiger partial charge in [0.05, 0.1) is 23.4 Å². The largest absolute Gasteiger partial charge is 0.492 e. The summed E-state index contributed by atoms with van der Waals surface area (Å²) >= 11 is 3.13. The summed E-state index contributed by atoms with van der Waals surface area (Å²) in [7, 11) is 0. The number of nitrogens with zero attached hydrogens (tertiary/aromatic N) is 4. The van der Waals surface area contributed by atoms with Crippen LogP contribution in [0.15, 0.2) is 23.8 Å². The standard InChI is InChI=1S/C17H20N4O3S2/c1-2-24-16(23)11-5-7-20(8-6-11)13(12-4-3-9-25-12)14-15(22)21-17(26-14)18-10-19-21/h3-4,9-11,13,22H,2,5-8H2,1H3/t13-/m0/s1. The van der Waals surface area contributed by atoms with Gasteiger partial charge in [0.25, 0.3) is 0 Å². The molecule has 1 fully saturated rings. The van der Waals surface area contributed by atoms with Crippen LogP contribution >= 0.6 is 22.7 Å². The van der Waals surface area contributed by atoms with Crippen LogP contribution in [0.3, 0.4) is 0 Å². The van der Waals surface area contributed by atoms with Crippen molar-refractivity contribution < 1.29 is 14.6 Å². The molecule has 0 unspecified atom stereocenters. The van der Waals surface area contributed by atoms with Crippen molar-refractivity contribution in [2.45, 2.75) is 25.8 Å². The van der Waals surface area contributed by atoms with Crippen LogP contribution in [0.1, 0.15) is 35.6 Å². The van der Waals surface area contributed by atoms with E-state index in [1.165, 1.54) is 27.1 Å². The lowest BCUT2D eigenvalue weighted by Crippen LogP contribution is -2.39. The third-order valence-corrected chi connectivity index (χ3v) is 6.73. The predicted molar refractivity (Wildman–Crippen MR) is 99.6 cm³/mol. The summed E-state index contributed by atoms with van der Waals surface area (Å²) in [6, 6.07) is 4.06. The third kappa shape index (κ3) is 3.10. The summed E-state index contributed by atoms with van der Waals surface area (Å²) in [5.41, 5.74) is 0. The Hall–Kier alpha value is -1.97. The normalized spacial score (nSPS) is 17.6. The number of ether oxygens (including phenoxy) is 1. The molecule has 1 aliphatic heterocycles. The quantitative estimate of drug-likeness (QED) is 0.673. The van der Waals surface area contributed by atoms with Gasteiger partial charge in [-0.15, -0.1) is 11.3 Å². The maximum Gasteiger partial charge on any atom is 0.309 e. The van der Waals surface area contributed by atoms with Crippen LogP contribution in [0.5, 0.6) is 5.88 Å². The molecular weight excluding hydrogens is 372 g/mol. The molecule has 0 aromatic carbocycles. The van der Waals surface area contributed by atoms with Crippen molar-refractivity contribution in [2.24, 2.45) is 5.92 Å². The highest BCUT2D eigenvalue weighted by Gasteiger charge is 2.34. The van der Waals surface area contributed by atoms with E-state index in [9.17, 15) is 9.90 Å². The second-order valence-electron chi connectivity index (χ2n) is 6.22. The molecule has 0 radical (unpaired) electrons. The van der Waals surface area contributed by atoms with Crippen LogP contribution in [-0.2, 0) is 9.53 Å². The van der Waals surface area contributed by atoms with Crippen LogP contribution in [0.2, 0.25) is 0 Å². The molecule has 7 nitrogen and oxygen atoms in total. The Kier molecular flexibility index (Phi) is 4.92. The SMILES string of the molecule is CCOC(=O)C1CCN([C@@H](c2cccs2)c2sc3ncnn3c2O)CC1. The van der Waals surface area contributed by atoms with E-state index in [-0.39, 0.29) is 23.8 Å². The number of aromatic hydroxyl groups is 1. The molecule has 0 saturated carbocycles. The molecule has 0 amide bonds. The van der Waals surface area contributed by atoms with E-state index >= 15 is 0 Å². The molecule has 0 bridgehead atoms. The molecule has 3 aromatic heterocycles. The van der Waals surface area contributed by atoms with Crippen molar-refractivity contribution in [1.82, 2.24) is 19.5 Å². The van der Waals surface area contributed by atoms with Crippen LogP contribution in [0.25, 0.3) is 4.96 Å². The van der Waals surface area contributed by atoms with Crippen LogP contribution in [0.4, 0.5) is 0 Å². The molecule has 3 aromatic rings. The Morgan fingerprint density at radius 3 is 2.92 bits per heavy atom. The number of carbonyl (C=O) groups excluding carboxylic acids is 1. The smallest absolute Gasteiger partial charge is 0.309 e. The highest BCUT2D eigenvalue weighted by molar-refractivity contribution is 7.17. The van der Waals surface area contributed by atoms with Gasteiger partial charge < -0.3 is 9.84 Å². The fraction of sp³-hybridized carbons (Fsp3) is 0.471. The summed E-state index contributed by atoms with van der Waals surface area (Å²) in [6.07, 6.45) is 2.98. The van der Waals surface area contributed by atoms with Gasteiger partial charge in [-0.05, 0) is 44.3 Å². The molecule has 4 rings (SSSR count). The fourth-order valence-electron chi connectivity index (χ4n) is 3.45. The Balaban J connectivity index is 1.60. The summed E-state index contributed by atoms with van der Waals surface area (Å²) < 4.78 is 6.65. The molecule has 1 aliphatic rings. The van der Waals surface area contributed by atoms with E-state index in [1.54, 1.807) is 11.3 Å². The van der Waals surface area contributed by atoms with Crippen molar-refractivity contribution in [1.29, 1.82) is 0 Å². The van der Waals surface area contributed by atoms with Crippen molar-refractivity contribution >= 4 is 33.6 Å². The summed E-state index contributed by atoms with van der Waals surface area (Å²) in [5, 5.41) is 16.8. The maximum atomic E-state index is 12.0. The Morgan fingerprint density at radius 2 is 2.27 bits per heavy atom. The molecule has 0 spiro atoms. The number of rotatable bonds is 5. The van der Waals surface area contributed by atoms with E-state index in [2.05, 4.69) is 21.0 Å². The first-order valence-electron chi connectivity index (χ1n) is 8.64. The first-order chi connectivity index (χ1) is 12.7. The highest BCUT2D eigenvalue weighted by Crippen LogP contribution is 2.42. The predicted octanol–water partition coefficient (Wildman–Crippen LogP) is 2.92. The average Bonchev–Trinajstić information content (AvgIpc) is 3.37.